The predicted molar refractivity (Wildman–Crippen MR) is 167 cm³/mol. The van der Waals surface area contributed by atoms with Crippen LogP contribution in [0, 0.1) is 0 Å². The van der Waals surface area contributed by atoms with Crippen LogP contribution < -0.4 is 29.1 Å². The highest BCUT2D eigenvalue weighted by atomic mass is 32.1. The average Bonchev–Trinajstić information content (AvgIpc) is 3.68. The molecule has 1 amide bonds. The lowest BCUT2D eigenvalue weighted by Gasteiger charge is -2.26. The number of carbonyl (C=O) groups excluding carboxylic acids is 2. The Morgan fingerprint density at radius 2 is 1.84 bits per heavy atom. The minimum Gasteiger partial charge on any atom is -0.497 e. The van der Waals surface area contributed by atoms with Crippen molar-refractivity contribution in [2.24, 2.45) is 4.99 Å². The molecule has 0 radical (unpaired) electrons. The average molecular weight is 620 g/mol. The number of fused-ring (bicyclic) bond motifs is 1. The lowest BCUT2D eigenvalue weighted by molar-refractivity contribution is -0.139. The second-order valence-corrected chi connectivity index (χ2v) is 11.5. The number of amides is 1. The number of likely N-dealkylation sites (tertiary alicyclic amines) is 1. The maximum atomic E-state index is 14.0. The molecule has 2 aliphatic rings. The van der Waals surface area contributed by atoms with Crippen molar-refractivity contribution in [3.63, 3.8) is 0 Å². The van der Waals surface area contributed by atoms with Gasteiger partial charge >= 0.3 is 5.97 Å². The van der Waals surface area contributed by atoms with Gasteiger partial charge in [0.05, 0.1) is 42.7 Å². The summed E-state index contributed by atoms with van der Waals surface area (Å²) in [5.41, 5.74) is 2.11. The summed E-state index contributed by atoms with van der Waals surface area (Å²) in [6.45, 7) is 5.42. The topological polar surface area (TPSA) is 109 Å². The summed E-state index contributed by atoms with van der Waals surface area (Å²) in [5.74, 6) is 0.957. The van der Waals surface area contributed by atoms with E-state index in [1.807, 2.05) is 37.3 Å². The van der Waals surface area contributed by atoms with Gasteiger partial charge in [-0.05, 0) is 67.7 Å². The van der Waals surface area contributed by atoms with Gasteiger partial charge in [0.15, 0.2) is 22.9 Å². The van der Waals surface area contributed by atoms with Crippen molar-refractivity contribution in [2.45, 2.75) is 45.6 Å². The van der Waals surface area contributed by atoms with Crippen LogP contribution in [0.5, 0.6) is 17.2 Å². The summed E-state index contributed by atoms with van der Waals surface area (Å²) >= 11 is 1.26. The molecule has 1 aromatic heterocycles. The Balaban J connectivity index is 1.56. The van der Waals surface area contributed by atoms with E-state index in [1.54, 1.807) is 41.7 Å². The van der Waals surface area contributed by atoms with Crippen molar-refractivity contribution in [1.82, 2.24) is 9.47 Å². The van der Waals surface area contributed by atoms with Crippen LogP contribution in [-0.4, -0.2) is 61.9 Å². The Labute approximate surface area is 259 Å². The van der Waals surface area contributed by atoms with Gasteiger partial charge in [0.25, 0.3) is 11.5 Å². The second kappa shape index (κ2) is 13.9. The zero-order valence-corrected chi connectivity index (χ0v) is 26.3. The van der Waals surface area contributed by atoms with Crippen molar-refractivity contribution in [3.05, 3.63) is 84.5 Å². The number of carbonyl (C=O) groups is 2. The number of hydrogen-bond donors (Lipinski definition) is 0. The Morgan fingerprint density at radius 3 is 2.55 bits per heavy atom. The first-order valence-corrected chi connectivity index (χ1v) is 15.6. The minimum absolute atomic E-state index is 0.0510. The molecular weight excluding hydrogens is 582 g/mol. The first-order valence-electron chi connectivity index (χ1n) is 14.8. The molecule has 0 spiro atoms. The zero-order valence-electron chi connectivity index (χ0n) is 25.5. The van der Waals surface area contributed by atoms with Crippen LogP contribution in [-0.2, 0) is 14.3 Å². The molecule has 2 aliphatic heterocycles. The maximum absolute atomic E-state index is 14.0. The van der Waals surface area contributed by atoms with Gasteiger partial charge in [-0.2, -0.15) is 0 Å². The molecule has 44 heavy (non-hydrogen) atoms. The second-order valence-electron chi connectivity index (χ2n) is 10.5. The number of methoxy groups -OCH3 is 2. The summed E-state index contributed by atoms with van der Waals surface area (Å²) in [6.07, 6.45) is 5.11. The fourth-order valence-electron chi connectivity index (χ4n) is 5.49. The molecule has 2 aromatic carbocycles. The predicted octanol–water partition coefficient (Wildman–Crippen LogP) is 3.60. The largest absolute Gasteiger partial charge is 0.497 e. The molecular formula is C33H37N3O7S. The molecule has 0 bridgehead atoms. The number of nitrogens with zero attached hydrogens (tertiary/aromatic N) is 3. The quantitative estimate of drug-likeness (QED) is 0.302. The number of hydrogen-bond acceptors (Lipinski definition) is 9. The smallest absolute Gasteiger partial charge is 0.338 e. The highest BCUT2D eigenvalue weighted by Crippen LogP contribution is 2.34. The highest BCUT2D eigenvalue weighted by molar-refractivity contribution is 7.07. The van der Waals surface area contributed by atoms with Crippen molar-refractivity contribution in [1.29, 1.82) is 0 Å². The SMILES string of the molecule is CCCC1=C(C(=O)OCC)[C@H](c2cccc(OC)c2)n2c(s/c(=C/c3ccc(OCC(=O)N4CCCC4)c(OC)c3)c2=O)=N1. The van der Waals surface area contributed by atoms with Crippen LogP contribution in [0.3, 0.4) is 0 Å². The number of benzene rings is 2. The standard InChI is InChI=1S/C33H37N3O7S/c1-5-10-24-29(32(39)42-6-2)30(22-11-9-12-23(19-22)40-3)36-31(38)27(44-33(36)34-24)18-21-13-14-25(26(17-21)41-4)43-20-28(37)35-15-7-8-16-35/h9,11-14,17-19,30H,5-8,10,15-16,20H2,1-4H3/b27-18+/t30-/m0/s1. The third-order valence-corrected chi connectivity index (χ3v) is 8.58. The Kier molecular flexibility index (Phi) is 9.84. The molecule has 5 rings (SSSR count). The molecule has 1 fully saturated rings. The van der Waals surface area contributed by atoms with Crippen molar-refractivity contribution < 1.29 is 28.5 Å². The molecule has 3 aromatic rings. The van der Waals surface area contributed by atoms with E-state index in [9.17, 15) is 14.4 Å². The number of rotatable bonds is 11. The van der Waals surface area contributed by atoms with Gasteiger partial charge in [0.2, 0.25) is 0 Å². The summed E-state index contributed by atoms with van der Waals surface area (Å²) in [7, 11) is 3.10. The Morgan fingerprint density at radius 1 is 1.05 bits per heavy atom. The van der Waals surface area contributed by atoms with Gasteiger partial charge < -0.3 is 23.8 Å². The van der Waals surface area contributed by atoms with E-state index in [4.69, 9.17) is 23.9 Å². The van der Waals surface area contributed by atoms with E-state index in [-0.39, 0.29) is 24.7 Å². The van der Waals surface area contributed by atoms with Gasteiger partial charge in [-0.1, -0.05) is 42.9 Å². The fourth-order valence-corrected chi connectivity index (χ4v) is 6.51. The van der Waals surface area contributed by atoms with Gasteiger partial charge in [-0.15, -0.1) is 0 Å². The first kappa shape index (κ1) is 31.1. The van der Waals surface area contributed by atoms with Crippen molar-refractivity contribution in [3.8, 4) is 17.2 Å². The molecule has 11 heteroatoms. The fraction of sp³-hybridized carbons (Fsp3) is 0.394. The van der Waals surface area contributed by atoms with Crippen molar-refractivity contribution >= 4 is 29.3 Å². The van der Waals surface area contributed by atoms with E-state index < -0.39 is 12.0 Å². The highest BCUT2D eigenvalue weighted by Gasteiger charge is 2.34. The number of thiazole rings is 1. The third-order valence-electron chi connectivity index (χ3n) is 7.60. The lowest BCUT2D eigenvalue weighted by Crippen LogP contribution is -2.40. The van der Waals surface area contributed by atoms with E-state index in [2.05, 4.69) is 0 Å². The molecule has 0 N–H and O–H groups in total. The first-order chi connectivity index (χ1) is 21.4. The van der Waals surface area contributed by atoms with E-state index in [0.29, 0.717) is 49.8 Å². The maximum Gasteiger partial charge on any atom is 0.338 e. The monoisotopic (exact) mass is 619 g/mol. The van der Waals surface area contributed by atoms with E-state index in [1.165, 1.54) is 18.4 Å². The molecule has 3 heterocycles. The van der Waals surface area contributed by atoms with Gasteiger partial charge in [0, 0.05) is 13.1 Å². The van der Waals surface area contributed by atoms with Crippen LogP contribution in [0.1, 0.15) is 56.7 Å². The number of ether oxygens (including phenoxy) is 4. The molecule has 10 nitrogen and oxygen atoms in total. The number of esters is 1. The van der Waals surface area contributed by atoms with E-state index in [0.717, 1.165) is 37.9 Å². The Bertz CT molecular complexity index is 1750. The van der Waals surface area contributed by atoms with Crippen LogP contribution in [0.2, 0.25) is 0 Å². The lowest BCUT2D eigenvalue weighted by atomic mass is 9.94. The van der Waals surface area contributed by atoms with Crippen molar-refractivity contribution in [2.75, 3.05) is 40.5 Å². The summed E-state index contributed by atoms with van der Waals surface area (Å²) in [4.78, 5) is 47.0. The van der Waals surface area contributed by atoms with Gasteiger partial charge in [-0.25, -0.2) is 9.79 Å². The summed E-state index contributed by atoms with van der Waals surface area (Å²) in [5, 5.41) is 0. The minimum atomic E-state index is -0.734. The summed E-state index contributed by atoms with van der Waals surface area (Å²) in [6, 6.07) is 11.9. The van der Waals surface area contributed by atoms with E-state index >= 15 is 0 Å². The molecule has 1 atom stereocenters. The molecule has 0 aliphatic carbocycles. The molecule has 0 saturated carbocycles. The zero-order chi connectivity index (χ0) is 31.2. The van der Waals surface area contributed by atoms with Gasteiger partial charge in [-0.3, -0.25) is 14.2 Å². The number of aromatic nitrogens is 1. The van der Waals surface area contributed by atoms with Crippen LogP contribution >= 0.6 is 11.3 Å². The third kappa shape index (κ3) is 6.42. The van der Waals surface area contributed by atoms with Crippen LogP contribution in [0.15, 0.2) is 63.5 Å². The normalized spacial score (nSPS) is 16.4. The van der Waals surface area contributed by atoms with Crippen LogP contribution in [0.25, 0.3) is 6.08 Å². The number of allylic oxidation sites excluding steroid dienone is 1. The summed E-state index contributed by atoms with van der Waals surface area (Å²) < 4.78 is 24.3. The Hall–Kier alpha value is -4.38. The van der Waals surface area contributed by atoms with Gasteiger partial charge in [0.1, 0.15) is 5.75 Å². The molecule has 0 unspecified atom stereocenters. The van der Waals surface area contributed by atoms with Crippen LogP contribution in [0.4, 0.5) is 0 Å². The molecule has 232 valence electrons. The molecule has 1 saturated heterocycles.